The van der Waals surface area contributed by atoms with Crippen molar-refractivity contribution < 1.29 is 5.11 Å². The summed E-state index contributed by atoms with van der Waals surface area (Å²) in [6, 6.07) is 5.14. The predicted octanol–water partition coefficient (Wildman–Crippen LogP) is 2.69. The Kier molecular flexibility index (Phi) is 4.70. The topological polar surface area (TPSA) is 105 Å². The molecule has 0 aliphatic carbocycles. The van der Waals surface area contributed by atoms with E-state index in [2.05, 4.69) is 37.5 Å². The quantitative estimate of drug-likeness (QED) is 0.266. The third-order valence-corrected chi connectivity index (χ3v) is 4.39. The first-order chi connectivity index (χ1) is 14.1. The van der Waals surface area contributed by atoms with Gasteiger partial charge >= 0.3 is 0 Å². The van der Waals surface area contributed by atoms with Gasteiger partial charge in [0.2, 0.25) is 0 Å². The number of rotatable bonds is 6. The van der Waals surface area contributed by atoms with Crippen LogP contribution in [0.1, 0.15) is 5.56 Å². The molecule has 146 valence electrons. The maximum absolute atomic E-state index is 10.2. The summed E-state index contributed by atoms with van der Waals surface area (Å²) in [4.78, 5) is 8.95. The molecule has 0 spiro atoms. The Hall–Kier alpha value is -4.14. The van der Waals surface area contributed by atoms with Gasteiger partial charge in [0.15, 0.2) is 11.5 Å². The molecule has 0 saturated heterocycles. The van der Waals surface area contributed by atoms with Crippen LogP contribution < -0.4 is 10.7 Å². The maximum atomic E-state index is 10.2. The molecule has 0 fully saturated rings. The van der Waals surface area contributed by atoms with Gasteiger partial charge in [-0.3, -0.25) is 9.08 Å². The second kappa shape index (κ2) is 7.47. The molecule has 4 rings (SSSR count). The summed E-state index contributed by atoms with van der Waals surface area (Å²) in [7, 11) is 3.56. The standard InChI is InChI=1S/C20H20N8O/c1-4-16(26-21-2)15-9-14(5-6-18(15)29)25-19-20-23-11-17(28(20)8-7-22-19)13-10-24-27(3)12-13/h4-12,21,29H,1H2,2-3H3,(H,22,25)/b26-16+. The van der Waals surface area contributed by atoms with Crippen molar-refractivity contribution in [1.82, 2.24) is 29.6 Å². The molecule has 0 amide bonds. The van der Waals surface area contributed by atoms with E-state index < -0.39 is 0 Å². The number of aryl methyl sites for hydroxylation is 1. The fraction of sp³-hybridized carbons (Fsp3) is 0.100. The van der Waals surface area contributed by atoms with Crippen LogP contribution in [0.4, 0.5) is 11.5 Å². The van der Waals surface area contributed by atoms with E-state index in [9.17, 15) is 5.11 Å². The number of anilines is 2. The molecule has 1 aromatic carbocycles. The number of phenolic OH excluding ortho intramolecular Hbond substituents is 1. The Bertz CT molecular complexity index is 1220. The number of fused-ring (bicyclic) bond motifs is 1. The van der Waals surface area contributed by atoms with Gasteiger partial charge in [0.1, 0.15) is 5.75 Å². The van der Waals surface area contributed by atoms with Gasteiger partial charge in [-0.2, -0.15) is 10.2 Å². The van der Waals surface area contributed by atoms with Crippen molar-refractivity contribution in [1.29, 1.82) is 0 Å². The zero-order chi connectivity index (χ0) is 20.4. The number of phenols is 1. The Morgan fingerprint density at radius 1 is 1.28 bits per heavy atom. The number of hydrogen-bond donors (Lipinski definition) is 3. The largest absolute Gasteiger partial charge is 0.507 e. The lowest BCUT2D eigenvalue weighted by atomic mass is 10.1. The average Bonchev–Trinajstić information content (AvgIpc) is 3.34. The minimum Gasteiger partial charge on any atom is -0.507 e. The van der Waals surface area contributed by atoms with Crippen LogP contribution >= 0.6 is 0 Å². The molecule has 9 heteroatoms. The van der Waals surface area contributed by atoms with Gasteiger partial charge in [0, 0.05) is 49.5 Å². The highest BCUT2D eigenvalue weighted by Gasteiger charge is 2.13. The van der Waals surface area contributed by atoms with Gasteiger partial charge in [-0.25, -0.2) is 9.97 Å². The zero-order valence-corrected chi connectivity index (χ0v) is 16.0. The van der Waals surface area contributed by atoms with Crippen molar-refractivity contribution in [3.05, 3.63) is 67.4 Å². The molecule has 4 aromatic rings. The molecule has 3 N–H and O–H groups in total. The SMILES string of the molecule is C=C/C(=N\NC)c1cc(Nc2nccn3c(-c4cnn(C)c4)cnc23)ccc1O. The van der Waals surface area contributed by atoms with Crippen molar-refractivity contribution in [3.8, 4) is 17.0 Å². The monoisotopic (exact) mass is 388 g/mol. The lowest BCUT2D eigenvalue weighted by molar-refractivity contribution is 0.474. The third-order valence-electron chi connectivity index (χ3n) is 4.39. The highest BCUT2D eigenvalue weighted by atomic mass is 16.3. The van der Waals surface area contributed by atoms with Crippen molar-refractivity contribution in [2.75, 3.05) is 12.4 Å². The fourth-order valence-corrected chi connectivity index (χ4v) is 3.07. The number of hydrazone groups is 1. The fourth-order valence-electron chi connectivity index (χ4n) is 3.07. The Morgan fingerprint density at radius 3 is 2.86 bits per heavy atom. The molecule has 0 bridgehead atoms. The van der Waals surface area contributed by atoms with E-state index in [1.807, 2.05) is 23.8 Å². The summed E-state index contributed by atoms with van der Waals surface area (Å²) in [6.45, 7) is 3.75. The van der Waals surface area contributed by atoms with Gasteiger partial charge < -0.3 is 15.8 Å². The van der Waals surface area contributed by atoms with E-state index in [1.165, 1.54) is 0 Å². The summed E-state index contributed by atoms with van der Waals surface area (Å²) >= 11 is 0. The van der Waals surface area contributed by atoms with Crippen LogP contribution in [-0.4, -0.2) is 42.0 Å². The number of aromatic hydroxyl groups is 1. The number of aromatic nitrogens is 5. The van der Waals surface area contributed by atoms with Gasteiger partial charge in [0.25, 0.3) is 0 Å². The average molecular weight is 388 g/mol. The smallest absolute Gasteiger partial charge is 0.180 e. The summed E-state index contributed by atoms with van der Waals surface area (Å²) in [6.07, 6.45) is 10.6. The highest BCUT2D eigenvalue weighted by molar-refractivity contribution is 6.10. The van der Waals surface area contributed by atoms with E-state index in [1.54, 1.807) is 54.6 Å². The zero-order valence-electron chi connectivity index (χ0n) is 16.0. The first kappa shape index (κ1) is 18.2. The van der Waals surface area contributed by atoms with Crippen LogP contribution in [0.3, 0.4) is 0 Å². The molecule has 0 radical (unpaired) electrons. The second-order valence-electron chi connectivity index (χ2n) is 6.30. The summed E-state index contributed by atoms with van der Waals surface area (Å²) in [5.41, 5.74) is 7.07. The van der Waals surface area contributed by atoms with Gasteiger partial charge in [-0.15, -0.1) is 0 Å². The van der Waals surface area contributed by atoms with Gasteiger partial charge in [0.05, 0.1) is 23.8 Å². The summed E-state index contributed by atoms with van der Waals surface area (Å²) < 4.78 is 3.70. The highest BCUT2D eigenvalue weighted by Crippen LogP contribution is 2.27. The minimum atomic E-state index is 0.107. The number of benzene rings is 1. The van der Waals surface area contributed by atoms with Crippen LogP contribution in [0.5, 0.6) is 5.75 Å². The summed E-state index contributed by atoms with van der Waals surface area (Å²) in [5.74, 6) is 0.695. The van der Waals surface area contributed by atoms with Crippen molar-refractivity contribution >= 4 is 22.9 Å². The minimum absolute atomic E-state index is 0.107. The van der Waals surface area contributed by atoms with E-state index in [0.29, 0.717) is 22.7 Å². The number of nitrogens with one attached hydrogen (secondary N) is 2. The van der Waals surface area contributed by atoms with Crippen molar-refractivity contribution in [2.24, 2.45) is 12.1 Å². The molecular formula is C20H20N8O. The lowest BCUT2D eigenvalue weighted by Crippen LogP contribution is -2.05. The second-order valence-corrected chi connectivity index (χ2v) is 6.30. The van der Waals surface area contributed by atoms with Gasteiger partial charge in [-0.05, 0) is 24.3 Å². The normalized spacial score (nSPS) is 11.6. The molecule has 9 nitrogen and oxygen atoms in total. The molecule has 29 heavy (non-hydrogen) atoms. The summed E-state index contributed by atoms with van der Waals surface area (Å²) in [5, 5.41) is 21.8. The number of hydrogen-bond acceptors (Lipinski definition) is 7. The van der Waals surface area contributed by atoms with Crippen molar-refractivity contribution in [3.63, 3.8) is 0 Å². The number of allylic oxidation sites excluding steroid dienone is 1. The Labute approximate surface area is 167 Å². The van der Waals surface area contributed by atoms with E-state index >= 15 is 0 Å². The molecule has 0 atom stereocenters. The molecule has 0 saturated carbocycles. The first-order valence-corrected chi connectivity index (χ1v) is 8.89. The van der Waals surface area contributed by atoms with E-state index in [0.717, 1.165) is 16.9 Å². The maximum Gasteiger partial charge on any atom is 0.180 e. The van der Waals surface area contributed by atoms with E-state index in [4.69, 9.17) is 0 Å². The first-order valence-electron chi connectivity index (χ1n) is 8.89. The van der Waals surface area contributed by atoms with Crippen molar-refractivity contribution in [2.45, 2.75) is 0 Å². The van der Waals surface area contributed by atoms with Crippen LogP contribution in [0.15, 0.2) is 66.9 Å². The molecule has 0 unspecified atom stereocenters. The molecule has 0 aliphatic heterocycles. The predicted molar refractivity (Wildman–Crippen MR) is 112 cm³/mol. The number of imidazole rings is 1. The Morgan fingerprint density at radius 2 is 2.14 bits per heavy atom. The van der Waals surface area contributed by atoms with Crippen LogP contribution in [0.25, 0.3) is 16.9 Å². The molecule has 3 aromatic heterocycles. The van der Waals surface area contributed by atoms with Crippen LogP contribution in [-0.2, 0) is 7.05 Å². The molecule has 0 aliphatic rings. The molecular weight excluding hydrogens is 368 g/mol. The van der Waals surface area contributed by atoms with Gasteiger partial charge in [-0.1, -0.05) is 6.58 Å². The number of nitrogens with zero attached hydrogens (tertiary/aromatic N) is 6. The van der Waals surface area contributed by atoms with E-state index in [-0.39, 0.29) is 5.75 Å². The van der Waals surface area contributed by atoms with Crippen LogP contribution in [0.2, 0.25) is 0 Å². The van der Waals surface area contributed by atoms with Crippen LogP contribution in [0, 0.1) is 0 Å². The third kappa shape index (κ3) is 3.41. The Balaban J connectivity index is 1.73. The molecule has 3 heterocycles. The lowest BCUT2D eigenvalue weighted by Gasteiger charge is -2.11.